The van der Waals surface area contributed by atoms with E-state index in [-0.39, 0.29) is 0 Å². The van der Waals surface area contributed by atoms with Crippen LogP contribution in [-0.4, -0.2) is 21.4 Å². The van der Waals surface area contributed by atoms with Gasteiger partial charge in [-0.15, -0.1) is 11.3 Å². The van der Waals surface area contributed by atoms with Crippen LogP contribution in [0.2, 0.25) is 5.02 Å². The van der Waals surface area contributed by atoms with Crippen molar-refractivity contribution in [3.05, 3.63) is 68.6 Å². The van der Waals surface area contributed by atoms with Crippen molar-refractivity contribution in [2.75, 3.05) is 6.54 Å². The summed E-state index contributed by atoms with van der Waals surface area (Å²) in [5, 5.41) is 0.733. The van der Waals surface area contributed by atoms with Crippen LogP contribution < -0.4 is 0 Å². The second kappa shape index (κ2) is 7.24. The Balaban J connectivity index is 1.49. The quantitative estimate of drug-likeness (QED) is 0.649. The van der Waals surface area contributed by atoms with Gasteiger partial charge in [0.1, 0.15) is 0 Å². The van der Waals surface area contributed by atoms with E-state index in [0.717, 1.165) is 48.9 Å². The molecule has 0 N–H and O–H groups in total. The number of hydrogen-bond acceptors (Lipinski definition) is 4. The Kier molecular flexibility index (Phi) is 4.84. The summed E-state index contributed by atoms with van der Waals surface area (Å²) in [5.41, 5.74) is 3.44. The number of aromatic nitrogens is 2. The zero-order valence-corrected chi connectivity index (χ0v) is 15.8. The Morgan fingerprint density at radius 1 is 1.12 bits per heavy atom. The lowest BCUT2D eigenvalue weighted by atomic mass is 10.1. The molecular weight excluding hydrogens is 350 g/mol. The average molecular weight is 370 g/mol. The van der Waals surface area contributed by atoms with Crippen LogP contribution in [0.5, 0.6) is 0 Å². The molecule has 128 valence electrons. The minimum Gasteiger partial charge on any atom is -0.293 e. The zero-order valence-electron chi connectivity index (χ0n) is 14.2. The molecular formula is C20H20ClN3S. The van der Waals surface area contributed by atoms with Gasteiger partial charge in [0.15, 0.2) is 5.82 Å². The van der Waals surface area contributed by atoms with Crippen molar-refractivity contribution in [2.45, 2.75) is 32.9 Å². The third kappa shape index (κ3) is 3.76. The molecule has 0 aliphatic carbocycles. The van der Waals surface area contributed by atoms with E-state index in [4.69, 9.17) is 16.6 Å². The Morgan fingerprint density at radius 3 is 2.68 bits per heavy atom. The van der Waals surface area contributed by atoms with Gasteiger partial charge in [-0.2, -0.15) is 0 Å². The van der Waals surface area contributed by atoms with Crippen LogP contribution in [0.4, 0.5) is 0 Å². The number of fused-ring (bicyclic) bond motifs is 1. The van der Waals surface area contributed by atoms with E-state index in [1.165, 1.54) is 21.0 Å². The van der Waals surface area contributed by atoms with Gasteiger partial charge in [0.05, 0.1) is 5.69 Å². The molecule has 1 aliphatic rings. The van der Waals surface area contributed by atoms with Gasteiger partial charge in [-0.3, -0.25) is 4.90 Å². The molecule has 0 amide bonds. The van der Waals surface area contributed by atoms with Gasteiger partial charge < -0.3 is 0 Å². The highest BCUT2D eigenvalue weighted by atomic mass is 35.5. The van der Waals surface area contributed by atoms with Crippen LogP contribution in [0, 0.1) is 0 Å². The van der Waals surface area contributed by atoms with Gasteiger partial charge in [0.2, 0.25) is 0 Å². The molecule has 0 bridgehead atoms. The summed E-state index contributed by atoms with van der Waals surface area (Å²) in [7, 11) is 0. The first-order valence-corrected chi connectivity index (χ1v) is 9.81. The number of hydrogen-bond donors (Lipinski definition) is 0. The molecule has 0 fully saturated rings. The Labute approximate surface area is 157 Å². The molecule has 5 heteroatoms. The van der Waals surface area contributed by atoms with Crippen molar-refractivity contribution in [3.63, 3.8) is 0 Å². The number of halogens is 1. The van der Waals surface area contributed by atoms with Crippen molar-refractivity contribution in [2.24, 2.45) is 0 Å². The first-order chi connectivity index (χ1) is 12.2. The summed E-state index contributed by atoms with van der Waals surface area (Å²) in [4.78, 5) is 14.8. The van der Waals surface area contributed by atoms with Crippen molar-refractivity contribution in [3.8, 4) is 11.4 Å². The smallest absolute Gasteiger partial charge is 0.159 e. The fraction of sp³-hybridized carbons (Fsp3) is 0.300. The molecule has 3 heterocycles. The van der Waals surface area contributed by atoms with Crippen LogP contribution in [-0.2, 0) is 25.9 Å². The van der Waals surface area contributed by atoms with Gasteiger partial charge >= 0.3 is 0 Å². The zero-order chi connectivity index (χ0) is 17.2. The Bertz CT molecular complexity index is 873. The van der Waals surface area contributed by atoms with Crippen LogP contribution >= 0.6 is 22.9 Å². The second-order valence-corrected chi connectivity index (χ2v) is 8.04. The number of thiophene rings is 1. The molecule has 0 atom stereocenters. The highest BCUT2D eigenvalue weighted by Crippen LogP contribution is 2.25. The van der Waals surface area contributed by atoms with Crippen LogP contribution in [0.1, 0.15) is 27.9 Å². The molecule has 0 saturated carbocycles. The predicted molar refractivity (Wildman–Crippen MR) is 104 cm³/mol. The molecule has 0 unspecified atom stereocenters. The summed E-state index contributed by atoms with van der Waals surface area (Å²) in [6, 6.07) is 12.2. The summed E-state index contributed by atoms with van der Waals surface area (Å²) in [6.45, 7) is 5.20. The molecule has 3 nitrogen and oxygen atoms in total. The molecule has 4 rings (SSSR count). The number of nitrogens with zero attached hydrogens (tertiary/aromatic N) is 3. The maximum atomic E-state index is 5.96. The van der Waals surface area contributed by atoms with Crippen molar-refractivity contribution in [1.82, 2.24) is 14.9 Å². The lowest BCUT2D eigenvalue weighted by Crippen LogP contribution is -2.30. The average Bonchev–Trinajstić information content (AvgIpc) is 3.09. The first kappa shape index (κ1) is 16.7. The van der Waals surface area contributed by atoms with E-state index >= 15 is 0 Å². The number of benzene rings is 1. The lowest BCUT2D eigenvalue weighted by molar-refractivity contribution is 0.245. The molecule has 0 radical (unpaired) electrons. The molecule has 1 aromatic carbocycles. The summed E-state index contributed by atoms with van der Waals surface area (Å²) in [6.07, 6.45) is 4.09. The van der Waals surface area contributed by atoms with E-state index in [9.17, 15) is 0 Å². The summed E-state index contributed by atoms with van der Waals surface area (Å²) in [5.74, 6) is 0.787. The van der Waals surface area contributed by atoms with E-state index in [0.29, 0.717) is 0 Å². The van der Waals surface area contributed by atoms with Gasteiger partial charge in [-0.25, -0.2) is 9.97 Å². The fourth-order valence-electron chi connectivity index (χ4n) is 3.17. The van der Waals surface area contributed by atoms with Crippen molar-refractivity contribution >= 4 is 22.9 Å². The largest absolute Gasteiger partial charge is 0.293 e. The molecule has 0 saturated heterocycles. The van der Waals surface area contributed by atoms with E-state index in [1.54, 1.807) is 0 Å². The molecule has 1 aliphatic heterocycles. The molecule has 2 aromatic heterocycles. The Hall–Kier alpha value is -1.75. The van der Waals surface area contributed by atoms with Crippen molar-refractivity contribution < 1.29 is 0 Å². The highest BCUT2D eigenvalue weighted by molar-refractivity contribution is 7.11. The SMILES string of the molecule is CCc1ccc(CN2CCc3nc(-c4ccc(Cl)cc4)ncc3C2)s1. The number of aryl methyl sites for hydroxylation is 1. The maximum Gasteiger partial charge on any atom is 0.159 e. The van der Waals surface area contributed by atoms with Gasteiger partial charge in [-0.1, -0.05) is 18.5 Å². The van der Waals surface area contributed by atoms with E-state index in [2.05, 4.69) is 28.9 Å². The molecule has 25 heavy (non-hydrogen) atoms. The van der Waals surface area contributed by atoms with Crippen LogP contribution in [0.3, 0.4) is 0 Å². The highest BCUT2D eigenvalue weighted by Gasteiger charge is 2.19. The predicted octanol–water partition coefficient (Wildman–Crippen LogP) is 4.98. The minimum absolute atomic E-state index is 0.733. The van der Waals surface area contributed by atoms with Gasteiger partial charge in [0.25, 0.3) is 0 Å². The van der Waals surface area contributed by atoms with Crippen molar-refractivity contribution in [1.29, 1.82) is 0 Å². The maximum absolute atomic E-state index is 5.96. The van der Waals surface area contributed by atoms with Crippen LogP contribution in [0.25, 0.3) is 11.4 Å². The molecule has 0 spiro atoms. The summed E-state index contributed by atoms with van der Waals surface area (Å²) >= 11 is 7.89. The minimum atomic E-state index is 0.733. The normalized spacial score (nSPS) is 14.5. The van der Waals surface area contributed by atoms with E-state index in [1.807, 2.05) is 41.8 Å². The van der Waals surface area contributed by atoms with Gasteiger partial charge in [-0.05, 0) is 42.8 Å². The number of rotatable bonds is 4. The second-order valence-electron chi connectivity index (χ2n) is 6.35. The Morgan fingerprint density at radius 2 is 1.92 bits per heavy atom. The van der Waals surface area contributed by atoms with E-state index < -0.39 is 0 Å². The first-order valence-electron chi connectivity index (χ1n) is 8.62. The third-order valence-corrected chi connectivity index (χ3v) is 6.03. The van der Waals surface area contributed by atoms with Gasteiger partial charge in [0, 0.05) is 58.2 Å². The standard InChI is InChI=1S/C20H20ClN3S/c1-2-17-7-8-18(25-17)13-24-10-9-19-15(12-24)11-22-20(23-19)14-3-5-16(21)6-4-14/h3-8,11H,2,9-10,12-13H2,1H3. The lowest BCUT2D eigenvalue weighted by Gasteiger charge is -2.27. The summed E-state index contributed by atoms with van der Waals surface area (Å²) < 4.78 is 0. The fourth-order valence-corrected chi connectivity index (χ4v) is 4.29. The molecule has 3 aromatic rings. The monoisotopic (exact) mass is 369 g/mol. The third-order valence-electron chi connectivity index (χ3n) is 4.56. The topological polar surface area (TPSA) is 29.0 Å². The van der Waals surface area contributed by atoms with Crippen LogP contribution in [0.15, 0.2) is 42.6 Å².